The van der Waals surface area contributed by atoms with Crippen LogP contribution in [0.5, 0.6) is 0 Å². The summed E-state index contributed by atoms with van der Waals surface area (Å²) in [5, 5.41) is 6.36. The first kappa shape index (κ1) is 19.4. The van der Waals surface area contributed by atoms with Crippen molar-refractivity contribution in [1.82, 2.24) is 15.1 Å². The molecule has 0 spiro atoms. The zero-order valence-corrected chi connectivity index (χ0v) is 16.9. The van der Waals surface area contributed by atoms with Gasteiger partial charge in [-0.3, -0.25) is 14.5 Å². The minimum atomic E-state index is -0.118. The SMILES string of the molecule is O=C(NCc1ccc2sccc2c1)C1CCC(=O)N(CCN2CCOCC2)C1. The minimum absolute atomic E-state index is 0.0503. The van der Waals surface area contributed by atoms with Crippen LogP contribution in [-0.4, -0.2) is 67.6 Å². The highest BCUT2D eigenvalue weighted by Crippen LogP contribution is 2.22. The number of benzene rings is 1. The van der Waals surface area contributed by atoms with Gasteiger partial charge in [-0.1, -0.05) is 6.07 Å². The maximum absolute atomic E-state index is 12.7. The summed E-state index contributed by atoms with van der Waals surface area (Å²) in [7, 11) is 0. The molecule has 2 amide bonds. The predicted octanol–water partition coefficient (Wildman–Crippen LogP) is 2.09. The molecule has 1 unspecified atom stereocenters. The van der Waals surface area contributed by atoms with Gasteiger partial charge >= 0.3 is 0 Å². The largest absolute Gasteiger partial charge is 0.379 e. The lowest BCUT2D eigenvalue weighted by atomic mass is 9.96. The van der Waals surface area contributed by atoms with E-state index in [-0.39, 0.29) is 17.7 Å². The van der Waals surface area contributed by atoms with Crippen molar-refractivity contribution < 1.29 is 14.3 Å². The molecule has 3 heterocycles. The summed E-state index contributed by atoms with van der Waals surface area (Å²) < 4.78 is 6.63. The van der Waals surface area contributed by atoms with E-state index in [1.807, 2.05) is 4.90 Å². The first-order valence-corrected chi connectivity index (χ1v) is 10.9. The summed E-state index contributed by atoms with van der Waals surface area (Å²) in [4.78, 5) is 29.1. The van der Waals surface area contributed by atoms with E-state index in [0.29, 0.717) is 32.5 Å². The van der Waals surface area contributed by atoms with Gasteiger partial charge in [0, 0.05) is 50.4 Å². The van der Waals surface area contributed by atoms with Crippen molar-refractivity contribution in [2.24, 2.45) is 5.92 Å². The average Bonchev–Trinajstić information content (AvgIpc) is 3.20. The van der Waals surface area contributed by atoms with Crippen LogP contribution in [0.25, 0.3) is 10.1 Å². The number of ether oxygens (including phenoxy) is 1. The fraction of sp³-hybridized carbons (Fsp3) is 0.524. The number of amides is 2. The molecule has 4 rings (SSSR count). The lowest BCUT2D eigenvalue weighted by Crippen LogP contribution is -2.49. The number of nitrogens with one attached hydrogen (secondary N) is 1. The van der Waals surface area contributed by atoms with Gasteiger partial charge in [0.15, 0.2) is 0 Å². The van der Waals surface area contributed by atoms with Gasteiger partial charge < -0.3 is 15.0 Å². The van der Waals surface area contributed by atoms with Crippen LogP contribution in [0.2, 0.25) is 0 Å². The van der Waals surface area contributed by atoms with E-state index < -0.39 is 0 Å². The Balaban J connectivity index is 1.27. The number of carbonyl (C=O) groups is 2. The van der Waals surface area contributed by atoms with E-state index in [9.17, 15) is 9.59 Å². The van der Waals surface area contributed by atoms with Gasteiger partial charge in [0.1, 0.15) is 0 Å². The lowest BCUT2D eigenvalue weighted by molar-refractivity contribution is -0.138. The van der Waals surface area contributed by atoms with Gasteiger partial charge in [0.05, 0.1) is 19.1 Å². The van der Waals surface area contributed by atoms with Crippen LogP contribution >= 0.6 is 11.3 Å². The molecule has 1 atom stereocenters. The molecule has 2 saturated heterocycles. The predicted molar refractivity (Wildman–Crippen MR) is 110 cm³/mol. The van der Waals surface area contributed by atoms with Crippen LogP contribution in [0.4, 0.5) is 0 Å². The van der Waals surface area contributed by atoms with Crippen molar-refractivity contribution in [1.29, 1.82) is 0 Å². The standard InChI is InChI=1S/C21H27N3O3S/c25-20-4-2-18(15-24(20)7-6-23-8-10-27-11-9-23)21(26)22-14-16-1-3-19-17(13-16)5-12-28-19/h1,3,5,12-13,18H,2,4,6-11,14-15H2,(H,22,26). The van der Waals surface area contributed by atoms with Crippen LogP contribution in [0.3, 0.4) is 0 Å². The Morgan fingerprint density at radius 2 is 2.07 bits per heavy atom. The van der Waals surface area contributed by atoms with Crippen molar-refractivity contribution in [3.8, 4) is 0 Å². The number of piperidine rings is 1. The highest BCUT2D eigenvalue weighted by atomic mass is 32.1. The molecule has 0 aliphatic carbocycles. The first-order valence-electron chi connectivity index (χ1n) is 10.0. The second-order valence-corrected chi connectivity index (χ2v) is 8.49. The molecule has 1 aromatic carbocycles. The summed E-state index contributed by atoms with van der Waals surface area (Å²) in [6.07, 6.45) is 1.10. The summed E-state index contributed by atoms with van der Waals surface area (Å²) >= 11 is 1.72. The van der Waals surface area contributed by atoms with Crippen LogP contribution in [-0.2, 0) is 20.9 Å². The molecule has 6 nitrogen and oxygen atoms in total. The number of fused-ring (bicyclic) bond motifs is 1. The second kappa shape index (κ2) is 9.03. The molecule has 1 aromatic heterocycles. The number of likely N-dealkylation sites (tertiary alicyclic amines) is 1. The first-order chi connectivity index (χ1) is 13.7. The molecule has 1 N–H and O–H groups in total. The number of thiophene rings is 1. The highest BCUT2D eigenvalue weighted by Gasteiger charge is 2.30. The van der Waals surface area contributed by atoms with Gasteiger partial charge in [0.25, 0.3) is 0 Å². The van der Waals surface area contributed by atoms with Gasteiger partial charge in [0.2, 0.25) is 11.8 Å². The number of rotatable bonds is 6. The summed E-state index contributed by atoms with van der Waals surface area (Å²) in [6, 6.07) is 8.40. The molecule has 2 aliphatic rings. The fourth-order valence-corrected chi connectivity index (χ4v) is 4.66. The molecule has 7 heteroatoms. The third-order valence-corrected chi connectivity index (χ3v) is 6.54. The maximum Gasteiger partial charge on any atom is 0.225 e. The Morgan fingerprint density at radius 3 is 2.93 bits per heavy atom. The summed E-state index contributed by atoms with van der Waals surface area (Å²) in [5.74, 6) is 0.0989. The third kappa shape index (κ3) is 4.71. The van der Waals surface area contributed by atoms with Crippen LogP contribution in [0.1, 0.15) is 18.4 Å². The molecule has 0 bridgehead atoms. The van der Waals surface area contributed by atoms with E-state index in [4.69, 9.17) is 4.74 Å². The molecule has 0 saturated carbocycles. The molecular weight excluding hydrogens is 374 g/mol. The molecule has 0 radical (unpaired) electrons. The van der Waals surface area contributed by atoms with Crippen molar-refractivity contribution in [2.75, 3.05) is 45.9 Å². The Bertz CT molecular complexity index is 831. The third-order valence-electron chi connectivity index (χ3n) is 5.64. The molecule has 28 heavy (non-hydrogen) atoms. The molecule has 2 fully saturated rings. The maximum atomic E-state index is 12.7. The molecule has 150 valence electrons. The average molecular weight is 402 g/mol. The molecule has 2 aromatic rings. The summed E-state index contributed by atoms with van der Waals surface area (Å²) in [6.45, 7) is 5.95. The van der Waals surface area contributed by atoms with Gasteiger partial charge in [-0.25, -0.2) is 0 Å². The Morgan fingerprint density at radius 1 is 1.21 bits per heavy atom. The van der Waals surface area contributed by atoms with E-state index in [0.717, 1.165) is 38.4 Å². The van der Waals surface area contributed by atoms with Crippen LogP contribution < -0.4 is 5.32 Å². The topological polar surface area (TPSA) is 61.9 Å². The van der Waals surface area contributed by atoms with E-state index in [2.05, 4.69) is 39.9 Å². The van der Waals surface area contributed by atoms with E-state index in [1.165, 1.54) is 10.1 Å². The zero-order valence-electron chi connectivity index (χ0n) is 16.1. The molecular formula is C21H27N3O3S. The van der Waals surface area contributed by atoms with Gasteiger partial charge in [-0.2, -0.15) is 0 Å². The highest BCUT2D eigenvalue weighted by molar-refractivity contribution is 7.17. The molecule has 2 aliphatic heterocycles. The number of carbonyl (C=O) groups excluding carboxylic acids is 2. The fourth-order valence-electron chi connectivity index (χ4n) is 3.89. The summed E-state index contributed by atoms with van der Waals surface area (Å²) in [5.41, 5.74) is 1.11. The zero-order chi connectivity index (χ0) is 19.3. The van der Waals surface area contributed by atoms with E-state index >= 15 is 0 Å². The Labute approximate surface area is 169 Å². The van der Waals surface area contributed by atoms with Crippen molar-refractivity contribution in [2.45, 2.75) is 19.4 Å². The van der Waals surface area contributed by atoms with E-state index in [1.54, 1.807) is 11.3 Å². The number of hydrogen-bond acceptors (Lipinski definition) is 5. The quantitative estimate of drug-likeness (QED) is 0.805. The van der Waals surface area contributed by atoms with Crippen molar-refractivity contribution in [3.63, 3.8) is 0 Å². The second-order valence-electron chi connectivity index (χ2n) is 7.54. The van der Waals surface area contributed by atoms with Crippen LogP contribution in [0, 0.1) is 5.92 Å². The Kier molecular flexibility index (Phi) is 6.24. The van der Waals surface area contributed by atoms with Crippen molar-refractivity contribution in [3.05, 3.63) is 35.2 Å². The van der Waals surface area contributed by atoms with Gasteiger partial charge in [-0.15, -0.1) is 11.3 Å². The van der Waals surface area contributed by atoms with Crippen molar-refractivity contribution >= 4 is 33.2 Å². The monoisotopic (exact) mass is 401 g/mol. The van der Waals surface area contributed by atoms with Gasteiger partial charge in [-0.05, 0) is 40.9 Å². The number of nitrogens with zero attached hydrogens (tertiary/aromatic N) is 2. The lowest BCUT2D eigenvalue weighted by Gasteiger charge is -2.34. The number of hydrogen-bond donors (Lipinski definition) is 1. The normalized spacial score (nSPS) is 21.2. The number of morpholine rings is 1. The van der Waals surface area contributed by atoms with Crippen LogP contribution in [0.15, 0.2) is 29.6 Å². The Hall–Kier alpha value is -1.96. The smallest absolute Gasteiger partial charge is 0.225 e. The minimum Gasteiger partial charge on any atom is -0.379 e.